The van der Waals surface area contributed by atoms with Crippen molar-refractivity contribution in [2.24, 2.45) is 17.3 Å². The fraction of sp³-hybridized carbons (Fsp3) is 1.00. The molecule has 2 nitrogen and oxygen atoms in total. The highest BCUT2D eigenvalue weighted by Gasteiger charge is 2.52. The number of rotatable bonds is 5. The minimum absolute atomic E-state index is 0.582. The van der Waals surface area contributed by atoms with Gasteiger partial charge in [0.1, 0.15) is 0 Å². The van der Waals surface area contributed by atoms with Crippen LogP contribution < -0.4 is 5.32 Å². The van der Waals surface area contributed by atoms with Gasteiger partial charge in [-0.05, 0) is 50.0 Å². The molecule has 0 aliphatic heterocycles. The van der Waals surface area contributed by atoms with E-state index in [9.17, 15) is 0 Å². The van der Waals surface area contributed by atoms with Crippen molar-refractivity contribution >= 4 is 0 Å². The molecular formula is C11H21NO. The Morgan fingerprint density at radius 1 is 1.38 bits per heavy atom. The average molecular weight is 183 g/mol. The van der Waals surface area contributed by atoms with Crippen molar-refractivity contribution in [3.8, 4) is 0 Å². The second-order valence-corrected chi connectivity index (χ2v) is 4.94. The van der Waals surface area contributed by atoms with Gasteiger partial charge in [-0.15, -0.1) is 0 Å². The first-order valence-corrected chi connectivity index (χ1v) is 5.43. The van der Waals surface area contributed by atoms with Crippen molar-refractivity contribution in [1.82, 2.24) is 5.32 Å². The molecule has 0 heterocycles. The van der Waals surface area contributed by atoms with Crippen LogP contribution in [0.3, 0.4) is 0 Å². The van der Waals surface area contributed by atoms with Gasteiger partial charge in [0.2, 0.25) is 0 Å². The zero-order chi connectivity index (χ0) is 9.31. The minimum atomic E-state index is 0.582. The first-order chi connectivity index (χ1) is 6.29. The van der Waals surface area contributed by atoms with Crippen LogP contribution in [0.4, 0.5) is 0 Å². The topological polar surface area (TPSA) is 21.3 Å². The second-order valence-electron chi connectivity index (χ2n) is 4.94. The molecule has 13 heavy (non-hydrogen) atoms. The molecular weight excluding hydrogens is 162 g/mol. The van der Waals surface area contributed by atoms with Crippen LogP contribution in [0.2, 0.25) is 0 Å². The summed E-state index contributed by atoms with van der Waals surface area (Å²) in [5.74, 6) is 2.15. The SMILES string of the molecule is CNCC1(CCOC)CC2CC2C1. The largest absolute Gasteiger partial charge is 0.385 e. The molecule has 2 aliphatic carbocycles. The van der Waals surface area contributed by atoms with Crippen LogP contribution in [-0.2, 0) is 4.74 Å². The van der Waals surface area contributed by atoms with Gasteiger partial charge in [-0.25, -0.2) is 0 Å². The van der Waals surface area contributed by atoms with E-state index in [0.717, 1.165) is 18.4 Å². The molecule has 0 bridgehead atoms. The lowest BCUT2D eigenvalue weighted by Crippen LogP contribution is -2.32. The highest BCUT2D eigenvalue weighted by molar-refractivity contribution is 5.03. The molecule has 0 aromatic heterocycles. The maximum absolute atomic E-state index is 5.20. The number of fused-ring (bicyclic) bond motifs is 1. The van der Waals surface area contributed by atoms with Gasteiger partial charge in [-0.3, -0.25) is 0 Å². The lowest BCUT2D eigenvalue weighted by molar-refractivity contribution is 0.128. The molecule has 0 spiro atoms. The molecule has 2 rings (SSSR count). The first-order valence-electron chi connectivity index (χ1n) is 5.43. The summed E-state index contributed by atoms with van der Waals surface area (Å²) in [6, 6.07) is 0. The smallest absolute Gasteiger partial charge is 0.0468 e. The molecule has 2 saturated carbocycles. The molecule has 2 fully saturated rings. The normalized spacial score (nSPS) is 42.0. The maximum atomic E-state index is 5.20. The van der Waals surface area contributed by atoms with E-state index in [4.69, 9.17) is 4.74 Å². The van der Waals surface area contributed by atoms with Gasteiger partial charge in [0.05, 0.1) is 0 Å². The summed E-state index contributed by atoms with van der Waals surface area (Å²) >= 11 is 0. The Bertz CT molecular complexity index is 171. The lowest BCUT2D eigenvalue weighted by Gasteiger charge is -2.30. The number of methoxy groups -OCH3 is 1. The number of nitrogens with one attached hydrogen (secondary N) is 1. The van der Waals surface area contributed by atoms with Gasteiger partial charge in [-0.1, -0.05) is 0 Å². The third-order valence-corrected chi connectivity index (χ3v) is 3.85. The van der Waals surface area contributed by atoms with Crippen molar-refractivity contribution < 1.29 is 4.74 Å². The molecule has 1 N–H and O–H groups in total. The van der Waals surface area contributed by atoms with E-state index in [1.54, 1.807) is 0 Å². The predicted molar refractivity (Wildman–Crippen MR) is 53.7 cm³/mol. The minimum Gasteiger partial charge on any atom is -0.385 e. The van der Waals surface area contributed by atoms with Gasteiger partial charge >= 0.3 is 0 Å². The van der Waals surface area contributed by atoms with Gasteiger partial charge < -0.3 is 10.1 Å². The highest BCUT2D eigenvalue weighted by Crippen LogP contribution is 2.60. The Kier molecular flexibility index (Phi) is 2.61. The van der Waals surface area contributed by atoms with Crippen LogP contribution in [0.25, 0.3) is 0 Å². The van der Waals surface area contributed by atoms with Crippen LogP contribution in [0.1, 0.15) is 25.7 Å². The highest BCUT2D eigenvalue weighted by atomic mass is 16.5. The summed E-state index contributed by atoms with van der Waals surface area (Å²) < 4.78 is 5.20. The Morgan fingerprint density at radius 3 is 2.62 bits per heavy atom. The molecule has 0 aromatic carbocycles. The summed E-state index contributed by atoms with van der Waals surface area (Å²) in [4.78, 5) is 0. The molecule has 2 heteroatoms. The van der Waals surface area contributed by atoms with E-state index in [1.807, 2.05) is 7.11 Å². The molecule has 2 atom stereocenters. The standard InChI is InChI=1S/C11H21NO/c1-12-8-11(3-4-13-2)6-9-5-10(9)7-11/h9-10,12H,3-8H2,1-2H3. The van der Waals surface area contributed by atoms with Crippen molar-refractivity contribution in [2.75, 3.05) is 27.3 Å². The Balaban J connectivity index is 1.87. The van der Waals surface area contributed by atoms with Crippen LogP contribution in [0.15, 0.2) is 0 Å². The third kappa shape index (κ3) is 1.89. The predicted octanol–water partition coefficient (Wildman–Crippen LogP) is 1.66. The van der Waals surface area contributed by atoms with Crippen LogP contribution >= 0.6 is 0 Å². The van der Waals surface area contributed by atoms with E-state index in [1.165, 1.54) is 32.2 Å². The fourth-order valence-electron chi connectivity index (χ4n) is 3.14. The molecule has 0 amide bonds. The monoisotopic (exact) mass is 183 g/mol. The fourth-order valence-corrected chi connectivity index (χ4v) is 3.14. The lowest BCUT2D eigenvalue weighted by atomic mass is 9.80. The van der Waals surface area contributed by atoms with Crippen molar-refractivity contribution in [2.45, 2.75) is 25.7 Å². The Labute approximate surface area is 81.0 Å². The van der Waals surface area contributed by atoms with Crippen LogP contribution in [0, 0.1) is 17.3 Å². The molecule has 0 aromatic rings. The zero-order valence-corrected chi connectivity index (χ0v) is 8.81. The number of hydrogen-bond donors (Lipinski definition) is 1. The van der Waals surface area contributed by atoms with Crippen molar-refractivity contribution in [3.63, 3.8) is 0 Å². The number of ether oxygens (including phenoxy) is 1. The molecule has 2 unspecified atom stereocenters. The molecule has 0 saturated heterocycles. The Morgan fingerprint density at radius 2 is 2.08 bits per heavy atom. The van der Waals surface area contributed by atoms with Gasteiger partial charge in [-0.2, -0.15) is 0 Å². The van der Waals surface area contributed by atoms with E-state index in [-0.39, 0.29) is 0 Å². The van der Waals surface area contributed by atoms with Gasteiger partial charge in [0.15, 0.2) is 0 Å². The first kappa shape index (κ1) is 9.47. The van der Waals surface area contributed by atoms with E-state index in [0.29, 0.717) is 5.41 Å². The summed E-state index contributed by atoms with van der Waals surface area (Å²) in [6.07, 6.45) is 5.65. The van der Waals surface area contributed by atoms with Gasteiger partial charge in [0, 0.05) is 20.3 Å². The van der Waals surface area contributed by atoms with Gasteiger partial charge in [0.25, 0.3) is 0 Å². The van der Waals surface area contributed by atoms with E-state index < -0.39 is 0 Å². The quantitative estimate of drug-likeness (QED) is 0.700. The van der Waals surface area contributed by atoms with E-state index >= 15 is 0 Å². The summed E-state index contributed by atoms with van der Waals surface area (Å²) in [5, 5.41) is 3.34. The Hall–Kier alpha value is -0.0800. The third-order valence-electron chi connectivity index (χ3n) is 3.85. The molecule has 76 valence electrons. The second kappa shape index (κ2) is 3.58. The van der Waals surface area contributed by atoms with Crippen LogP contribution in [0.5, 0.6) is 0 Å². The van der Waals surface area contributed by atoms with Crippen LogP contribution in [-0.4, -0.2) is 27.3 Å². The van der Waals surface area contributed by atoms with Crippen molar-refractivity contribution in [1.29, 1.82) is 0 Å². The average Bonchev–Trinajstić information content (AvgIpc) is 2.73. The zero-order valence-electron chi connectivity index (χ0n) is 8.81. The molecule has 0 radical (unpaired) electrons. The maximum Gasteiger partial charge on any atom is 0.0468 e. The summed E-state index contributed by atoms with van der Waals surface area (Å²) in [7, 11) is 3.88. The summed E-state index contributed by atoms with van der Waals surface area (Å²) in [5.41, 5.74) is 0.582. The van der Waals surface area contributed by atoms with Crippen molar-refractivity contribution in [3.05, 3.63) is 0 Å². The summed E-state index contributed by atoms with van der Waals surface area (Å²) in [6.45, 7) is 2.12. The van der Waals surface area contributed by atoms with E-state index in [2.05, 4.69) is 12.4 Å². The molecule has 2 aliphatic rings. The number of hydrogen-bond acceptors (Lipinski definition) is 2.